The van der Waals surface area contributed by atoms with Gasteiger partial charge >= 0.3 is 0 Å². The number of pyridine rings is 1. The van der Waals surface area contributed by atoms with Gasteiger partial charge in [-0.1, -0.05) is 25.8 Å². The summed E-state index contributed by atoms with van der Waals surface area (Å²) in [6, 6.07) is 5.21. The number of aromatic nitrogens is 1. The van der Waals surface area contributed by atoms with E-state index in [2.05, 4.69) is 29.3 Å². The molecule has 3 heteroatoms. The molecule has 0 spiro atoms. The molecule has 2 fully saturated rings. The molecule has 1 N–H and O–H groups in total. The number of hydrogen-bond donors (Lipinski definition) is 1. The van der Waals surface area contributed by atoms with E-state index in [1.54, 1.807) is 0 Å². The number of nitrogens with zero attached hydrogens (tertiary/aromatic N) is 2. The van der Waals surface area contributed by atoms with Crippen LogP contribution in [0.1, 0.15) is 51.0 Å². The SMILES string of the molecule is CCNCc1ccc(N2CCCC2C2CCCC2)nc1. The Labute approximate surface area is 122 Å². The molecule has 1 aromatic heterocycles. The second-order valence-corrected chi connectivity index (χ2v) is 6.25. The molecule has 1 atom stereocenters. The van der Waals surface area contributed by atoms with Gasteiger partial charge in [-0.3, -0.25) is 0 Å². The Morgan fingerprint density at radius 1 is 1.20 bits per heavy atom. The van der Waals surface area contributed by atoms with Crippen LogP contribution in [0.5, 0.6) is 0 Å². The largest absolute Gasteiger partial charge is 0.353 e. The van der Waals surface area contributed by atoms with E-state index < -0.39 is 0 Å². The van der Waals surface area contributed by atoms with Crippen LogP contribution in [0.2, 0.25) is 0 Å². The van der Waals surface area contributed by atoms with E-state index in [4.69, 9.17) is 4.98 Å². The number of anilines is 1. The molecule has 1 saturated heterocycles. The van der Waals surface area contributed by atoms with Crippen LogP contribution in [-0.4, -0.2) is 24.1 Å². The molecule has 1 unspecified atom stereocenters. The van der Waals surface area contributed by atoms with E-state index in [-0.39, 0.29) is 0 Å². The smallest absolute Gasteiger partial charge is 0.128 e. The Hall–Kier alpha value is -1.09. The highest BCUT2D eigenvalue weighted by Crippen LogP contribution is 2.37. The Morgan fingerprint density at radius 3 is 2.75 bits per heavy atom. The van der Waals surface area contributed by atoms with Crippen molar-refractivity contribution in [2.75, 3.05) is 18.0 Å². The zero-order valence-corrected chi connectivity index (χ0v) is 12.6. The lowest BCUT2D eigenvalue weighted by atomic mass is 9.96. The second-order valence-electron chi connectivity index (χ2n) is 6.25. The van der Waals surface area contributed by atoms with Crippen LogP contribution in [0.25, 0.3) is 0 Å². The molecule has 1 aromatic rings. The predicted octanol–water partition coefficient (Wildman–Crippen LogP) is 3.35. The van der Waals surface area contributed by atoms with Crippen LogP contribution >= 0.6 is 0 Å². The van der Waals surface area contributed by atoms with Gasteiger partial charge in [-0.2, -0.15) is 0 Å². The topological polar surface area (TPSA) is 28.2 Å². The van der Waals surface area contributed by atoms with Gasteiger partial charge in [0.25, 0.3) is 0 Å². The van der Waals surface area contributed by atoms with Gasteiger partial charge in [-0.25, -0.2) is 4.98 Å². The van der Waals surface area contributed by atoms with E-state index in [0.717, 1.165) is 25.0 Å². The maximum Gasteiger partial charge on any atom is 0.128 e. The second kappa shape index (κ2) is 6.57. The van der Waals surface area contributed by atoms with E-state index in [9.17, 15) is 0 Å². The van der Waals surface area contributed by atoms with Crippen LogP contribution in [0.3, 0.4) is 0 Å². The van der Waals surface area contributed by atoms with Crippen molar-refractivity contribution >= 4 is 5.82 Å². The summed E-state index contributed by atoms with van der Waals surface area (Å²) in [7, 11) is 0. The summed E-state index contributed by atoms with van der Waals surface area (Å²) in [5, 5.41) is 3.35. The van der Waals surface area contributed by atoms with Gasteiger partial charge in [0.1, 0.15) is 5.82 Å². The van der Waals surface area contributed by atoms with Crippen molar-refractivity contribution in [2.24, 2.45) is 5.92 Å². The van der Waals surface area contributed by atoms with E-state index in [1.165, 1.54) is 56.5 Å². The first-order valence-electron chi connectivity index (χ1n) is 8.31. The molecule has 0 radical (unpaired) electrons. The molecule has 0 bridgehead atoms. The summed E-state index contributed by atoms with van der Waals surface area (Å²) in [5.74, 6) is 2.11. The van der Waals surface area contributed by atoms with Crippen molar-refractivity contribution in [1.29, 1.82) is 0 Å². The molecule has 1 aliphatic heterocycles. The molecule has 3 rings (SSSR count). The van der Waals surface area contributed by atoms with Crippen molar-refractivity contribution in [2.45, 2.75) is 58.0 Å². The lowest BCUT2D eigenvalue weighted by molar-refractivity contribution is 0.429. The van der Waals surface area contributed by atoms with Crippen LogP contribution in [0.4, 0.5) is 5.82 Å². The van der Waals surface area contributed by atoms with Crippen LogP contribution in [0.15, 0.2) is 18.3 Å². The van der Waals surface area contributed by atoms with E-state index in [1.807, 2.05) is 6.20 Å². The lowest BCUT2D eigenvalue weighted by Crippen LogP contribution is -2.35. The maximum absolute atomic E-state index is 4.72. The maximum atomic E-state index is 4.72. The molecule has 0 aromatic carbocycles. The molecule has 1 aliphatic carbocycles. The Morgan fingerprint density at radius 2 is 2.05 bits per heavy atom. The summed E-state index contributed by atoms with van der Waals surface area (Å²) in [4.78, 5) is 7.30. The van der Waals surface area contributed by atoms with Crippen molar-refractivity contribution in [3.63, 3.8) is 0 Å². The molecule has 20 heavy (non-hydrogen) atoms. The van der Waals surface area contributed by atoms with E-state index in [0.29, 0.717) is 0 Å². The average molecular weight is 273 g/mol. The summed E-state index contributed by atoms with van der Waals surface area (Å²) >= 11 is 0. The minimum atomic E-state index is 0.754. The molecular formula is C17H27N3. The fourth-order valence-corrected chi connectivity index (χ4v) is 3.87. The van der Waals surface area contributed by atoms with Gasteiger partial charge in [0.15, 0.2) is 0 Å². The van der Waals surface area contributed by atoms with Gasteiger partial charge in [0.2, 0.25) is 0 Å². The zero-order valence-electron chi connectivity index (χ0n) is 12.6. The van der Waals surface area contributed by atoms with Crippen molar-refractivity contribution in [3.8, 4) is 0 Å². The van der Waals surface area contributed by atoms with Crippen LogP contribution < -0.4 is 10.2 Å². The zero-order chi connectivity index (χ0) is 13.8. The third kappa shape index (κ3) is 2.98. The fourth-order valence-electron chi connectivity index (χ4n) is 3.87. The highest BCUT2D eigenvalue weighted by atomic mass is 15.2. The predicted molar refractivity (Wildman–Crippen MR) is 83.9 cm³/mol. The first-order valence-corrected chi connectivity index (χ1v) is 8.31. The first-order chi connectivity index (χ1) is 9.88. The van der Waals surface area contributed by atoms with E-state index >= 15 is 0 Å². The van der Waals surface area contributed by atoms with Crippen LogP contribution in [0, 0.1) is 5.92 Å². The Bertz CT molecular complexity index is 409. The van der Waals surface area contributed by atoms with Gasteiger partial charge in [0.05, 0.1) is 0 Å². The molecule has 0 amide bonds. The molecular weight excluding hydrogens is 246 g/mol. The highest BCUT2D eigenvalue weighted by Gasteiger charge is 2.33. The number of hydrogen-bond acceptors (Lipinski definition) is 3. The van der Waals surface area contributed by atoms with Gasteiger partial charge in [-0.15, -0.1) is 0 Å². The van der Waals surface area contributed by atoms with Crippen LogP contribution in [-0.2, 0) is 6.54 Å². The van der Waals surface area contributed by atoms with Gasteiger partial charge in [0, 0.05) is 25.3 Å². The number of nitrogens with one attached hydrogen (secondary N) is 1. The third-order valence-corrected chi connectivity index (χ3v) is 4.93. The average Bonchev–Trinajstić information content (AvgIpc) is 3.15. The molecule has 110 valence electrons. The summed E-state index contributed by atoms with van der Waals surface area (Å²) < 4.78 is 0. The van der Waals surface area contributed by atoms with Crippen molar-refractivity contribution < 1.29 is 0 Å². The minimum absolute atomic E-state index is 0.754. The fraction of sp³-hybridized carbons (Fsp3) is 0.706. The van der Waals surface area contributed by atoms with Gasteiger partial charge < -0.3 is 10.2 Å². The summed E-state index contributed by atoms with van der Waals surface area (Å²) in [6.45, 7) is 5.27. The number of rotatable bonds is 5. The lowest BCUT2D eigenvalue weighted by Gasteiger charge is -2.30. The van der Waals surface area contributed by atoms with Gasteiger partial charge in [-0.05, 0) is 49.8 Å². The Kier molecular flexibility index (Phi) is 4.56. The molecule has 3 nitrogen and oxygen atoms in total. The minimum Gasteiger partial charge on any atom is -0.353 e. The summed E-state index contributed by atoms with van der Waals surface area (Å²) in [6.07, 6.45) is 10.5. The molecule has 2 heterocycles. The molecule has 1 saturated carbocycles. The quantitative estimate of drug-likeness (QED) is 0.891. The normalized spacial score (nSPS) is 23.6. The highest BCUT2D eigenvalue weighted by molar-refractivity contribution is 5.42. The third-order valence-electron chi connectivity index (χ3n) is 4.93. The first kappa shape index (κ1) is 13.9. The van der Waals surface area contributed by atoms with Crippen molar-refractivity contribution in [3.05, 3.63) is 23.9 Å². The Balaban J connectivity index is 1.67. The van der Waals surface area contributed by atoms with Crippen molar-refractivity contribution in [1.82, 2.24) is 10.3 Å². The molecule has 2 aliphatic rings. The monoisotopic (exact) mass is 273 g/mol. The standard InChI is InChI=1S/C17H27N3/c1-2-18-12-14-9-10-17(19-13-14)20-11-5-8-16(20)15-6-3-4-7-15/h9-10,13,15-16,18H,2-8,11-12H2,1H3. The summed E-state index contributed by atoms with van der Waals surface area (Å²) in [5.41, 5.74) is 1.28.